The molecule has 12 heteroatoms. The fourth-order valence-electron chi connectivity index (χ4n) is 1.39. The van der Waals surface area contributed by atoms with Gasteiger partial charge in [0, 0.05) is 0 Å². The van der Waals surface area contributed by atoms with Gasteiger partial charge in [-0.05, 0) is 6.92 Å². The Labute approximate surface area is 137 Å². The molecule has 0 aliphatic carbocycles. The molecule has 0 aromatic carbocycles. The van der Waals surface area contributed by atoms with E-state index in [0.717, 1.165) is 0 Å². The number of carbonyl (C=O) groups excluding carboxylic acids is 4. The van der Waals surface area contributed by atoms with Crippen LogP contribution in [0, 0.1) is 0 Å². The van der Waals surface area contributed by atoms with E-state index in [4.69, 9.17) is 15.9 Å². The number of carboxylic acids is 1. The number of nitrogens with two attached hydrogens (primary N) is 1. The molecule has 0 aromatic rings. The molecule has 0 bridgehead atoms. The van der Waals surface area contributed by atoms with Gasteiger partial charge in [-0.3, -0.25) is 24.0 Å². The normalized spacial score (nSPS) is 12.5. The monoisotopic (exact) mass is 347 g/mol. The summed E-state index contributed by atoms with van der Waals surface area (Å²) in [6.45, 7) is -0.798. The molecule has 12 nitrogen and oxygen atoms in total. The summed E-state index contributed by atoms with van der Waals surface area (Å²) in [5.74, 6) is -4.16. The van der Waals surface area contributed by atoms with Crippen molar-refractivity contribution in [3.63, 3.8) is 0 Å². The standard InChI is InChI=1S/C12H21N5O7/c1-6(11(23)15-4-10(21)22)16-12(24)7(5-18)17-9(20)3-14-8(19)2-13/h6-7,18H,2-5,13H2,1H3,(H,14,19)(H,15,23)(H,16,24)(H,17,20)(H,21,22)/t6-,7-/m0/s1. The molecular weight excluding hydrogens is 326 g/mol. The van der Waals surface area contributed by atoms with Gasteiger partial charge in [0.2, 0.25) is 23.6 Å². The number of carbonyl (C=O) groups is 5. The van der Waals surface area contributed by atoms with Gasteiger partial charge in [0.1, 0.15) is 18.6 Å². The molecule has 0 heterocycles. The molecule has 0 fully saturated rings. The number of aliphatic hydroxyl groups excluding tert-OH is 1. The van der Waals surface area contributed by atoms with Crippen LogP contribution in [0.3, 0.4) is 0 Å². The van der Waals surface area contributed by atoms with Crippen LogP contribution in [0.2, 0.25) is 0 Å². The Morgan fingerprint density at radius 3 is 2.08 bits per heavy atom. The van der Waals surface area contributed by atoms with Gasteiger partial charge in [0.05, 0.1) is 19.7 Å². The zero-order chi connectivity index (χ0) is 18.7. The third-order valence-electron chi connectivity index (χ3n) is 2.63. The van der Waals surface area contributed by atoms with Crippen LogP contribution in [-0.4, -0.2) is 78.1 Å². The summed E-state index contributed by atoms with van der Waals surface area (Å²) in [5, 5.41) is 26.2. The SMILES string of the molecule is C[C@H](NC(=O)[C@H](CO)NC(=O)CNC(=O)CN)C(=O)NCC(=O)O. The van der Waals surface area contributed by atoms with Crippen molar-refractivity contribution in [2.24, 2.45) is 5.73 Å². The average Bonchev–Trinajstić information content (AvgIpc) is 2.54. The molecule has 8 N–H and O–H groups in total. The Balaban J connectivity index is 4.42. The number of nitrogens with one attached hydrogen (secondary N) is 4. The third kappa shape index (κ3) is 8.65. The summed E-state index contributed by atoms with van der Waals surface area (Å²) in [4.78, 5) is 56.2. The molecule has 136 valence electrons. The predicted octanol–water partition coefficient (Wildman–Crippen LogP) is -4.76. The molecule has 0 aliphatic heterocycles. The highest BCUT2D eigenvalue weighted by atomic mass is 16.4. The highest BCUT2D eigenvalue weighted by Crippen LogP contribution is 1.88. The van der Waals surface area contributed by atoms with Gasteiger partial charge in [0.15, 0.2) is 0 Å². The van der Waals surface area contributed by atoms with Gasteiger partial charge in [0.25, 0.3) is 0 Å². The van der Waals surface area contributed by atoms with Crippen LogP contribution in [0.5, 0.6) is 0 Å². The quantitative estimate of drug-likeness (QED) is 0.204. The Morgan fingerprint density at radius 2 is 1.58 bits per heavy atom. The summed E-state index contributed by atoms with van der Waals surface area (Å²) in [7, 11) is 0. The summed E-state index contributed by atoms with van der Waals surface area (Å²) >= 11 is 0. The maximum atomic E-state index is 11.9. The first-order valence-corrected chi connectivity index (χ1v) is 6.88. The van der Waals surface area contributed by atoms with E-state index in [-0.39, 0.29) is 6.54 Å². The summed E-state index contributed by atoms with van der Waals surface area (Å²) in [6, 6.07) is -2.43. The second-order valence-corrected chi connectivity index (χ2v) is 4.63. The first-order chi connectivity index (χ1) is 11.2. The predicted molar refractivity (Wildman–Crippen MR) is 79.3 cm³/mol. The maximum absolute atomic E-state index is 11.9. The van der Waals surface area contributed by atoms with Gasteiger partial charge >= 0.3 is 5.97 Å². The molecule has 4 amide bonds. The van der Waals surface area contributed by atoms with Crippen molar-refractivity contribution in [3.8, 4) is 0 Å². The van der Waals surface area contributed by atoms with E-state index in [1.807, 2.05) is 0 Å². The zero-order valence-electron chi connectivity index (χ0n) is 13.0. The number of aliphatic hydroxyl groups is 1. The topological polar surface area (TPSA) is 200 Å². The lowest BCUT2D eigenvalue weighted by atomic mass is 10.2. The first kappa shape index (κ1) is 21.3. The van der Waals surface area contributed by atoms with Crippen molar-refractivity contribution in [1.82, 2.24) is 21.3 Å². The fraction of sp³-hybridized carbons (Fsp3) is 0.583. The molecule has 0 unspecified atom stereocenters. The van der Waals surface area contributed by atoms with Crippen molar-refractivity contribution in [3.05, 3.63) is 0 Å². The zero-order valence-corrected chi connectivity index (χ0v) is 13.0. The van der Waals surface area contributed by atoms with E-state index < -0.39 is 61.4 Å². The fourth-order valence-corrected chi connectivity index (χ4v) is 1.39. The summed E-state index contributed by atoms with van der Waals surface area (Å²) in [6.07, 6.45) is 0. The first-order valence-electron chi connectivity index (χ1n) is 6.88. The van der Waals surface area contributed by atoms with Crippen LogP contribution >= 0.6 is 0 Å². The molecule has 0 saturated heterocycles. The van der Waals surface area contributed by atoms with Gasteiger partial charge < -0.3 is 37.2 Å². The maximum Gasteiger partial charge on any atom is 0.322 e. The molecule has 2 atom stereocenters. The van der Waals surface area contributed by atoms with Gasteiger partial charge in [-0.15, -0.1) is 0 Å². The molecule has 0 spiro atoms. The Kier molecular flexibility index (Phi) is 9.67. The van der Waals surface area contributed by atoms with Crippen molar-refractivity contribution in [1.29, 1.82) is 0 Å². The third-order valence-corrected chi connectivity index (χ3v) is 2.63. The molecule has 0 radical (unpaired) electrons. The Bertz CT molecular complexity index is 496. The van der Waals surface area contributed by atoms with E-state index in [1.54, 1.807) is 0 Å². The van der Waals surface area contributed by atoms with E-state index in [2.05, 4.69) is 21.3 Å². The van der Waals surface area contributed by atoms with Crippen molar-refractivity contribution in [2.45, 2.75) is 19.0 Å². The summed E-state index contributed by atoms with van der Waals surface area (Å²) in [5.41, 5.74) is 5.04. The Morgan fingerprint density at radius 1 is 0.958 bits per heavy atom. The molecular formula is C12H21N5O7. The highest BCUT2D eigenvalue weighted by Gasteiger charge is 2.24. The lowest BCUT2D eigenvalue weighted by molar-refractivity contribution is -0.138. The number of carboxylic acid groups (broad SMARTS) is 1. The minimum absolute atomic E-state index is 0.305. The van der Waals surface area contributed by atoms with Crippen molar-refractivity contribution >= 4 is 29.6 Å². The van der Waals surface area contributed by atoms with E-state index in [9.17, 15) is 24.0 Å². The number of aliphatic carboxylic acids is 1. The van der Waals surface area contributed by atoms with Gasteiger partial charge in [-0.2, -0.15) is 0 Å². The van der Waals surface area contributed by atoms with E-state index in [1.165, 1.54) is 6.92 Å². The average molecular weight is 347 g/mol. The van der Waals surface area contributed by atoms with Crippen LogP contribution < -0.4 is 27.0 Å². The van der Waals surface area contributed by atoms with Gasteiger partial charge in [-0.1, -0.05) is 0 Å². The van der Waals surface area contributed by atoms with Crippen LogP contribution in [0.15, 0.2) is 0 Å². The molecule has 0 aliphatic rings. The van der Waals surface area contributed by atoms with E-state index >= 15 is 0 Å². The van der Waals surface area contributed by atoms with Crippen LogP contribution in [0.1, 0.15) is 6.92 Å². The van der Waals surface area contributed by atoms with Gasteiger partial charge in [-0.25, -0.2) is 0 Å². The Hall–Kier alpha value is -2.73. The van der Waals surface area contributed by atoms with E-state index in [0.29, 0.717) is 0 Å². The minimum Gasteiger partial charge on any atom is -0.480 e. The molecule has 0 aromatic heterocycles. The van der Waals surface area contributed by atoms with Crippen LogP contribution in [0.4, 0.5) is 0 Å². The van der Waals surface area contributed by atoms with Crippen LogP contribution in [0.25, 0.3) is 0 Å². The number of hydrogen-bond donors (Lipinski definition) is 7. The molecule has 0 rings (SSSR count). The van der Waals surface area contributed by atoms with Crippen molar-refractivity contribution < 1.29 is 34.2 Å². The second kappa shape index (κ2) is 10.9. The lowest BCUT2D eigenvalue weighted by Gasteiger charge is -2.19. The van der Waals surface area contributed by atoms with Crippen molar-refractivity contribution in [2.75, 3.05) is 26.2 Å². The number of hydrogen-bond acceptors (Lipinski definition) is 7. The molecule has 0 saturated carbocycles. The summed E-state index contributed by atoms with van der Waals surface area (Å²) < 4.78 is 0. The number of rotatable bonds is 10. The minimum atomic E-state index is -1.35. The lowest BCUT2D eigenvalue weighted by Crippen LogP contribution is -2.55. The molecule has 24 heavy (non-hydrogen) atoms. The second-order valence-electron chi connectivity index (χ2n) is 4.63. The highest BCUT2D eigenvalue weighted by molar-refractivity contribution is 5.93. The largest absolute Gasteiger partial charge is 0.480 e. The van der Waals surface area contributed by atoms with Crippen LogP contribution in [-0.2, 0) is 24.0 Å². The smallest absolute Gasteiger partial charge is 0.322 e. The number of amides is 4.